The number of amides is 1. The third-order valence-electron chi connectivity index (χ3n) is 3.28. The van der Waals surface area contributed by atoms with Gasteiger partial charge in [-0.2, -0.15) is 0 Å². The summed E-state index contributed by atoms with van der Waals surface area (Å²) in [4.78, 5) is 12.2. The molecule has 4 heteroatoms. The minimum atomic E-state index is -0.0885. The van der Waals surface area contributed by atoms with Gasteiger partial charge >= 0.3 is 0 Å². The van der Waals surface area contributed by atoms with Crippen LogP contribution in [-0.2, 0) is 4.79 Å². The third kappa shape index (κ3) is 2.72. The first-order valence-electron chi connectivity index (χ1n) is 6.74. The van der Waals surface area contributed by atoms with Crippen LogP contribution in [0, 0.1) is 0 Å². The fourth-order valence-corrected chi connectivity index (χ4v) is 2.71. The van der Waals surface area contributed by atoms with Crippen molar-refractivity contribution in [3.8, 4) is 5.75 Å². The summed E-state index contributed by atoms with van der Waals surface area (Å²) in [6.45, 7) is 2.53. The van der Waals surface area contributed by atoms with Gasteiger partial charge in [-0.05, 0) is 37.3 Å². The Labute approximate surface area is 131 Å². The lowest BCUT2D eigenvalue weighted by molar-refractivity contribution is -0.110. The topological polar surface area (TPSA) is 38.3 Å². The largest absolute Gasteiger partial charge is 0.493 e. The molecule has 0 saturated carbocycles. The molecule has 106 valence electrons. The molecule has 0 radical (unpaired) electrons. The second kappa shape index (κ2) is 5.74. The highest BCUT2D eigenvalue weighted by atomic mass is 79.9. The van der Waals surface area contributed by atoms with E-state index in [1.165, 1.54) is 0 Å². The molecule has 1 aliphatic heterocycles. The molecule has 1 N–H and O–H groups in total. The van der Waals surface area contributed by atoms with Crippen LogP contribution in [0.4, 0.5) is 5.69 Å². The SMILES string of the molecule is CCOc1ccccc1/C=C1\C(=O)Nc2ccc(Br)cc21. The van der Waals surface area contributed by atoms with Crippen LogP contribution >= 0.6 is 15.9 Å². The monoisotopic (exact) mass is 343 g/mol. The van der Waals surface area contributed by atoms with E-state index < -0.39 is 0 Å². The maximum atomic E-state index is 12.2. The number of carbonyl (C=O) groups is 1. The Kier molecular flexibility index (Phi) is 3.80. The van der Waals surface area contributed by atoms with Gasteiger partial charge < -0.3 is 10.1 Å². The van der Waals surface area contributed by atoms with Crippen molar-refractivity contribution >= 4 is 39.2 Å². The molecule has 0 saturated heterocycles. The second-order valence-electron chi connectivity index (χ2n) is 4.67. The zero-order valence-electron chi connectivity index (χ0n) is 11.5. The molecule has 1 aliphatic rings. The van der Waals surface area contributed by atoms with Crippen LogP contribution in [0.1, 0.15) is 18.1 Å². The fourth-order valence-electron chi connectivity index (χ4n) is 2.35. The summed E-state index contributed by atoms with van der Waals surface area (Å²) < 4.78 is 6.55. The maximum absolute atomic E-state index is 12.2. The Morgan fingerprint density at radius 3 is 2.86 bits per heavy atom. The predicted molar refractivity (Wildman–Crippen MR) is 88.3 cm³/mol. The lowest BCUT2D eigenvalue weighted by Gasteiger charge is -2.07. The number of hydrogen-bond donors (Lipinski definition) is 1. The number of hydrogen-bond acceptors (Lipinski definition) is 2. The molecule has 3 rings (SSSR count). The predicted octanol–water partition coefficient (Wildman–Crippen LogP) is 4.34. The van der Waals surface area contributed by atoms with Crippen molar-refractivity contribution in [3.63, 3.8) is 0 Å². The Morgan fingerprint density at radius 2 is 2.05 bits per heavy atom. The molecule has 1 heterocycles. The van der Waals surface area contributed by atoms with Gasteiger partial charge in [0.05, 0.1) is 6.61 Å². The van der Waals surface area contributed by atoms with Crippen molar-refractivity contribution in [1.82, 2.24) is 0 Å². The zero-order chi connectivity index (χ0) is 14.8. The molecule has 3 nitrogen and oxygen atoms in total. The highest BCUT2D eigenvalue weighted by molar-refractivity contribution is 9.10. The highest BCUT2D eigenvalue weighted by Crippen LogP contribution is 2.36. The van der Waals surface area contributed by atoms with Crippen LogP contribution in [0.15, 0.2) is 46.9 Å². The van der Waals surface area contributed by atoms with E-state index in [1.54, 1.807) is 0 Å². The molecule has 21 heavy (non-hydrogen) atoms. The smallest absolute Gasteiger partial charge is 0.256 e. The number of fused-ring (bicyclic) bond motifs is 1. The van der Waals surface area contributed by atoms with Gasteiger partial charge in [0.1, 0.15) is 5.75 Å². The number of anilines is 1. The molecule has 0 unspecified atom stereocenters. The van der Waals surface area contributed by atoms with Gasteiger partial charge in [-0.1, -0.05) is 34.1 Å². The first-order chi connectivity index (χ1) is 10.2. The quantitative estimate of drug-likeness (QED) is 0.841. The van der Waals surface area contributed by atoms with E-state index in [0.29, 0.717) is 12.2 Å². The lowest BCUT2D eigenvalue weighted by atomic mass is 10.0. The third-order valence-corrected chi connectivity index (χ3v) is 3.78. The van der Waals surface area contributed by atoms with E-state index >= 15 is 0 Å². The van der Waals surface area contributed by atoms with Crippen molar-refractivity contribution < 1.29 is 9.53 Å². The summed E-state index contributed by atoms with van der Waals surface area (Å²) in [6.07, 6.45) is 1.87. The average Bonchev–Trinajstić information content (AvgIpc) is 2.77. The van der Waals surface area contributed by atoms with E-state index in [0.717, 1.165) is 27.0 Å². The summed E-state index contributed by atoms with van der Waals surface area (Å²) in [6, 6.07) is 13.5. The molecule has 0 fully saturated rings. The van der Waals surface area contributed by atoms with Crippen LogP contribution in [0.5, 0.6) is 5.75 Å². The number of ether oxygens (including phenoxy) is 1. The molecule has 0 bridgehead atoms. The summed E-state index contributed by atoms with van der Waals surface area (Å²) in [5.41, 5.74) is 3.29. The molecular formula is C17H14BrNO2. The molecule has 2 aromatic carbocycles. The Bertz CT molecular complexity index is 737. The van der Waals surface area contributed by atoms with Crippen LogP contribution in [0.3, 0.4) is 0 Å². The summed E-state index contributed by atoms with van der Waals surface area (Å²) in [7, 11) is 0. The second-order valence-corrected chi connectivity index (χ2v) is 5.59. The number of rotatable bonds is 3. The lowest BCUT2D eigenvalue weighted by Crippen LogP contribution is -2.03. The number of carbonyl (C=O) groups excluding carboxylic acids is 1. The summed E-state index contributed by atoms with van der Waals surface area (Å²) in [5, 5.41) is 2.88. The van der Waals surface area contributed by atoms with E-state index in [4.69, 9.17) is 4.74 Å². The van der Waals surface area contributed by atoms with Gasteiger partial charge in [0, 0.05) is 26.9 Å². The van der Waals surface area contributed by atoms with Crippen molar-refractivity contribution in [2.75, 3.05) is 11.9 Å². The van der Waals surface area contributed by atoms with Gasteiger partial charge in [-0.25, -0.2) is 0 Å². The maximum Gasteiger partial charge on any atom is 0.256 e. The van der Waals surface area contributed by atoms with Gasteiger partial charge in [-0.15, -0.1) is 0 Å². The molecular weight excluding hydrogens is 330 g/mol. The van der Waals surface area contributed by atoms with E-state index in [9.17, 15) is 4.79 Å². The van der Waals surface area contributed by atoms with Crippen molar-refractivity contribution in [2.45, 2.75) is 6.92 Å². The summed E-state index contributed by atoms with van der Waals surface area (Å²) in [5.74, 6) is 0.693. The van der Waals surface area contributed by atoms with Crippen LogP contribution < -0.4 is 10.1 Å². The van der Waals surface area contributed by atoms with Gasteiger partial charge in [0.25, 0.3) is 5.91 Å². The number of benzene rings is 2. The van der Waals surface area contributed by atoms with E-state index in [1.807, 2.05) is 55.5 Å². The van der Waals surface area contributed by atoms with Gasteiger partial charge in [-0.3, -0.25) is 4.79 Å². The van der Waals surface area contributed by atoms with E-state index in [2.05, 4.69) is 21.2 Å². The molecule has 1 amide bonds. The van der Waals surface area contributed by atoms with Gasteiger partial charge in [0.15, 0.2) is 0 Å². The summed E-state index contributed by atoms with van der Waals surface area (Å²) >= 11 is 3.45. The Balaban J connectivity index is 2.09. The number of para-hydroxylation sites is 1. The van der Waals surface area contributed by atoms with Crippen LogP contribution in [-0.4, -0.2) is 12.5 Å². The van der Waals surface area contributed by atoms with Crippen molar-refractivity contribution in [1.29, 1.82) is 0 Å². The van der Waals surface area contributed by atoms with Crippen molar-refractivity contribution in [3.05, 3.63) is 58.1 Å². The molecule has 0 aromatic heterocycles. The number of nitrogens with one attached hydrogen (secondary N) is 1. The molecule has 0 spiro atoms. The van der Waals surface area contributed by atoms with Crippen LogP contribution in [0.25, 0.3) is 11.6 Å². The van der Waals surface area contributed by atoms with Gasteiger partial charge in [0.2, 0.25) is 0 Å². The fraction of sp³-hybridized carbons (Fsp3) is 0.118. The molecule has 0 aliphatic carbocycles. The van der Waals surface area contributed by atoms with E-state index in [-0.39, 0.29) is 5.91 Å². The standard InChI is InChI=1S/C17H14BrNO2/c1-2-21-16-6-4-3-5-11(16)9-14-13-10-12(18)7-8-15(13)19-17(14)20/h3-10H,2H2,1H3,(H,19,20)/b14-9-. The minimum absolute atomic E-state index is 0.0885. The normalized spacial score (nSPS) is 15.0. The Hall–Kier alpha value is -2.07. The van der Waals surface area contributed by atoms with Crippen molar-refractivity contribution in [2.24, 2.45) is 0 Å². The molecule has 2 aromatic rings. The highest BCUT2D eigenvalue weighted by Gasteiger charge is 2.24. The first-order valence-corrected chi connectivity index (χ1v) is 7.53. The number of halogens is 1. The molecule has 0 atom stereocenters. The first kappa shape index (κ1) is 13.9. The minimum Gasteiger partial charge on any atom is -0.493 e. The Morgan fingerprint density at radius 1 is 1.24 bits per heavy atom. The van der Waals surface area contributed by atoms with Crippen LogP contribution in [0.2, 0.25) is 0 Å². The zero-order valence-corrected chi connectivity index (χ0v) is 13.1. The average molecular weight is 344 g/mol.